The Morgan fingerprint density at radius 2 is 1.28 bits per heavy atom. The zero-order chi connectivity index (χ0) is 35.7. The Bertz CT molecular complexity index is 2340. The number of para-hydroxylation sites is 1. The molecular weight excluding hydrogens is 611 g/mol. The summed E-state index contributed by atoms with van der Waals surface area (Å²) in [6.07, 6.45) is 3.85. The molecule has 5 heteroatoms. The highest BCUT2D eigenvalue weighted by molar-refractivity contribution is 6.09. The molecule has 0 amide bonds. The third-order valence-electron chi connectivity index (χ3n) is 10.0. The van der Waals surface area contributed by atoms with Gasteiger partial charge in [0, 0.05) is 57.9 Å². The fourth-order valence-electron chi connectivity index (χ4n) is 7.70. The summed E-state index contributed by atoms with van der Waals surface area (Å²) in [7, 11) is 2.04. The molecule has 4 aromatic carbocycles. The maximum absolute atomic E-state index is 5.61. The second-order valence-corrected chi connectivity index (χ2v) is 16.6. The van der Waals surface area contributed by atoms with Gasteiger partial charge < -0.3 is 9.13 Å². The van der Waals surface area contributed by atoms with Crippen molar-refractivity contribution >= 4 is 21.8 Å². The Morgan fingerprint density at radius 3 is 1.90 bits per heavy atom. The molecule has 7 aromatic rings. The molecule has 0 atom stereocenters. The fourth-order valence-corrected chi connectivity index (χ4v) is 7.70. The number of nitrogens with zero attached hydrogens (tertiary/aromatic N) is 5. The molecule has 5 nitrogen and oxygen atoms in total. The number of aryl methyl sites for hydroxylation is 1. The van der Waals surface area contributed by atoms with Crippen LogP contribution in [0.25, 0.3) is 55.7 Å². The van der Waals surface area contributed by atoms with E-state index in [0.29, 0.717) is 11.8 Å². The van der Waals surface area contributed by atoms with E-state index in [0.717, 1.165) is 34.0 Å². The number of hydrogen-bond acceptors (Lipinski definition) is 2. The van der Waals surface area contributed by atoms with Crippen LogP contribution in [-0.4, -0.2) is 23.9 Å². The summed E-state index contributed by atoms with van der Waals surface area (Å²) >= 11 is 0. The molecule has 0 aliphatic rings. The monoisotopic (exact) mass is 661 g/mol. The molecule has 0 N–H and O–H groups in total. The second-order valence-electron chi connectivity index (χ2n) is 16.6. The van der Waals surface area contributed by atoms with E-state index >= 15 is 0 Å². The second kappa shape index (κ2) is 12.2. The maximum atomic E-state index is 5.61. The van der Waals surface area contributed by atoms with E-state index in [1.807, 2.05) is 19.4 Å². The van der Waals surface area contributed by atoms with E-state index in [1.165, 1.54) is 44.2 Å². The largest absolute Gasteiger partial charge is 0.334 e. The smallest absolute Gasteiger partial charge is 0.139 e. The highest BCUT2D eigenvalue weighted by Gasteiger charge is 2.36. The van der Waals surface area contributed by atoms with Gasteiger partial charge in [0.05, 0.1) is 28.1 Å². The minimum Gasteiger partial charge on any atom is -0.334 e. The van der Waals surface area contributed by atoms with Crippen LogP contribution in [-0.2, 0) is 17.9 Å². The fraction of sp³-hybridized carbons (Fsp3) is 0.333. The molecule has 0 saturated carbocycles. The molecule has 7 rings (SSSR count). The number of fused-ring (bicyclic) bond motifs is 3. The third-order valence-corrected chi connectivity index (χ3v) is 10.0. The number of imidazole rings is 1. The molecule has 0 aliphatic heterocycles. The average molecular weight is 662 g/mol. The maximum Gasteiger partial charge on any atom is 0.139 e. The number of benzene rings is 4. The van der Waals surface area contributed by atoms with Crippen molar-refractivity contribution in [3.8, 4) is 33.9 Å². The summed E-state index contributed by atoms with van der Waals surface area (Å²) in [4.78, 5) is 4.65. The molecule has 0 aliphatic carbocycles. The molecule has 3 heterocycles. The lowest BCUT2D eigenvalue weighted by Gasteiger charge is -2.28. The first-order valence-corrected chi connectivity index (χ1v) is 18.1. The first-order chi connectivity index (χ1) is 23.7. The number of rotatable bonds is 6. The molecule has 0 saturated heterocycles. The Morgan fingerprint density at radius 1 is 0.620 bits per heavy atom. The van der Waals surface area contributed by atoms with E-state index in [9.17, 15) is 0 Å². The van der Waals surface area contributed by atoms with E-state index in [-0.39, 0.29) is 10.8 Å². The van der Waals surface area contributed by atoms with Crippen molar-refractivity contribution in [2.24, 2.45) is 7.05 Å². The molecule has 0 spiro atoms. The van der Waals surface area contributed by atoms with Crippen LogP contribution in [0.4, 0.5) is 0 Å². The van der Waals surface area contributed by atoms with Crippen molar-refractivity contribution in [2.45, 2.75) is 91.9 Å². The van der Waals surface area contributed by atoms with Gasteiger partial charge in [-0.2, -0.15) is 5.10 Å². The quantitative estimate of drug-likeness (QED) is 0.178. The first kappa shape index (κ1) is 33.6. The third kappa shape index (κ3) is 5.57. The molecule has 0 radical (unpaired) electrons. The highest BCUT2D eigenvalue weighted by Crippen LogP contribution is 2.47. The summed E-state index contributed by atoms with van der Waals surface area (Å²) in [6, 6.07) is 31.2. The van der Waals surface area contributed by atoms with Gasteiger partial charge in [0.15, 0.2) is 0 Å². The Hall–Kier alpha value is -4.90. The van der Waals surface area contributed by atoms with Crippen LogP contribution < -0.4 is 0 Å². The lowest BCUT2D eigenvalue weighted by Crippen LogP contribution is -2.19. The van der Waals surface area contributed by atoms with E-state index in [4.69, 9.17) is 5.10 Å². The van der Waals surface area contributed by atoms with E-state index < -0.39 is 0 Å². The first-order valence-electron chi connectivity index (χ1n) is 18.1. The minimum absolute atomic E-state index is 0.177. The summed E-state index contributed by atoms with van der Waals surface area (Å²) in [6.45, 7) is 23.2. The van der Waals surface area contributed by atoms with Gasteiger partial charge in [-0.3, -0.25) is 0 Å². The summed E-state index contributed by atoms with van der Waals surface area (Å²) < 4.78 is 6.74. The molecule has 3 aromatic heterocycles. The van der Waals surface area contributed by atoms with E-state index in [2.05, 4.69) is 173 Å². The van der Waals surface area contributed by atoms with Crippen molar-refractivity contribution in [3.63, 3.8) is 0 Å². The van der Waals surface area contributed by atoms with Crippen molar-refractivity contribution in [1.29, 1.82) is 0 Å². The predicted octanol–water partition coefficient (Wildman–Crippen LogP) is 11.9. The Balaban J connectivity index is 1.56. The molecule has 0 bridgehead atoms. The zero-order valence-electron chi connectivity index (χ0n) is 31.6. The summed E-state index contributed by atoms with van der Waals surface area (Å²) in [5.41, 5.74) is 13.0. The number of hydrogen-bond donors (Lipinski definition) is 0. The lowest BCUT2D eigenvalue weighted by atomic mass is 9.76. The van der Waals surface area contributed by atoms with Crippen molar-refractivity contribution < 1.29 is 0 Å². The van der Waals surface area contributed by atoms with Gasteiger partial charge in [-0.1, -0.05) is 124 Å². The Kier molecular flexibility index (Phi) is 8.16. The Labute approximate surface area is 297 Å². The van der Waals surface area contributed by atoms with Crippen LogP contribution in [0.3, 0.4) is 0 Å². The van der Waals surface area contributed by atoms with Crippen LogP contribution in [0.2, 0.25) is 0 Å². The summed E-state index contributed by atoms with van der Waals surface area (Å²) in [5, 5.41) is 8.07. The predicted molar refractivity (Wildman–Crippen MR) is 211 cm³/mol. The van der Waals surface area contributed by atoms with Gasteiger partial charge in [-0.05, 0) is 58.9 Å². The van der Waals surface area contributed by atoms with Crippen molar-refractivity contribution in [1.82, 2.24) is 23.9 Å². The molecule has 256 valence electrons. The van der Waals surface area contributed by atoms with Gasteiger partial charge >= 0.3 is 0 Å². The topological polar surface area (TPSA) is 40.6 Å². The van der Waals surface area contributed by atoms with Crippen LogP contribution in [0.1, 0.15) is 104 Å². The van der Waals surface area contributed by atoms with Gasteiger partial charge in [0.2, 0.25) is 0 Å². The van der Waals surface area contributed by atoms with Crippen molar-refractivity contribution in [2.75, 3.05) is 0 Å². The number of aromatic nitrogens is 5. The SMILES string of the molecule is CC(C)c1cccc(C(C)C)c1-c1c(C(C)(C)C)nn(-c2ccc3c4ccccc4n(-c4cccc(-c5nccn5C)c4)c3c2)c1C(C)(C)C. The molecule has 0 unspecified atom stereocenters. The minimum atomic E-state index is -0.192. The van der Waals surface area contributed by atoms with Crippen LogP contribution >= 0.6 is 0 Å². The van der Waals surface area contributed by atoms with Gasteiger partial charge in [-0.25, -0.2) is 9.67 Å². The lowest BCUT2D eigenvalue weighted by molar-refractivity contribution is 0.537. The molecule has 0 fully saturated rings. The molecule has 50 heavy (non-hydrogen) atoms. The average Bonchev–Trinajstić information content (AvgIpc) is 3.77. The van der Waals surface area contributed by atoms with Crippen molar-refractivity contribution in [3.05, 3.63) is 120 Å². The van der Waals surface area contributed by atoms with Gasteiger partial charge in [0.25, 0.3) is 0 Å². The standard InChI is InChI=1S/C45H51N5/c1-28(2)33-19-15-20-34(29(3)4)39(33)40-41(44(5,6)7)47-50(42(40)45(8,9)10)32-22-23-36-35-18-12-13-21-37(35)49(38(36)27-32)31-17-14-16-30(26-31)43-46-24-25-48(43)11/h12-29H,1-11H3. The van der Waals surface area contributed by atoms with E-state index in [1.54, 1.807) is 0 Å². The van der Waals surface area contributed by atoms with Crippen LogP contribution in [0, 0.1) is 0 Å². The molecular formula is C45H51N5. The van der Waals surface area contributed by atoms with Crippen LogP contribution in [0.5, 0.6) is 0 Å². The normalized spacial score (nSPS) is 12.7. The van der Waals surface area contributed by atoms with Gasteiger partial charge in [-0.15, -0.1) is 0 Å². The summed E-state index contributed by atoms with van der Waals surface area (Å²) in [5.74, 6) is 1.70. The van der Waals surface area contributed by atoms with Crippen LogP contribution in [0.15, 0.2) is 97.3 Å². The van der Waals surface area contributed by atoms with Gasteiger partial charge in [0.1, 0.15) is 5.82 Å². The zero-order valence-corrected chi connectivity index (χ0v) is 31.6. The highest BCUT2D eigenvalue weighted by atomic mass is 15.3.